The molecule has 0 fully saturated rings. The monoisotopic (exact) mass is 251 g/mol. The van der Waals surface area contributed by atoms with Crippen LogP contribution in [0.5, 0.6) is 5.75 Å². The highest BCUT2D eigenvalue weighted by molar-refractivity contribution is 5.44. The number of nitrogens with zero attached hydrogens (tertiary/aromatic N) is 1. The van der Waals surface area contributed by atoms with E-state index in [1.807, 2.05) is 6.07 Å². The molecule has 1 rings (SSSR count). The Morgan fingerprint density at radius 3 is 2.39 bits per heavy atom. The van der Waals surface area contributed by atoms with Crippen molar-refractivity contribution in [3.05, 3.63) is 28.8 Å². The zero-order valence-corrected chi connectivity index (χ0v) is 12.2. The van der Waals surface area contributed by atoms with E-state index in [4.69, 9.17) is 9.84 Å². The van der Waals surface area contributed by atoms with E-state index in [0.717, 1.165) is 18.6 Å². The van der Waals surface area contributed by atoms with Crippen molar-refractivity contribution in [2.24, 2.45) is 0 Å². The minimum Gasteiger partial charge on any atom is -0.496 e. The zero-order valence-electron chi connectivity index (χ0n) is 12.2. The second-order valence-electron chi connectivity index (χ2n) is 4.95. The molecule has 0 saturated carbocycles. The topological polar surface area (TPSA) is 32.7 Å². The van der Waals surface area contributed by atoms with Gasteiger partial charge in [-0.3, -0.25) is 0 Å². The van der Waals surface area contributed by atoms with Crippen LogP contribution in [0, 0.1) is 13.8 Å². The number of aliphatic hydroxyl groups is 1. The maximum absolute atomic E-state index is 9.01. The molecule has 1 N–H and O–H groups in total. The number of methoxy groups -OCH3 is 1. The minimum atomic E-state index is 0.249. The highest BCUT2D eigenvalue weighted by atomic mass is 16.5. The maximum Gasteiger partial charge on any atom is 0.122 e. The van der Waals surface area contributed by atoms with Crippen molar-refractivity contribution in [2.75, 3.05) is 27.8 Å². The van der Waals surface area contributed by atoms with Gasteiger partial charge in [-0.25, -0.2) is 0 Å². The van der Waals surface area contributed by atoms with Gasteiger partial charge in [-0.15, -0.1) is 0 Å². The van der Waals surface area contributed by atoms with Crippen molar-refractivity contribution in [2.45, 2.75) is 32.7 Å². The molecule has 3 heteroatoms. The Kier molecular flexibility index (Phi) is 5.63. The molecule has 1 unspecified atom stereocenters. The van der Waals surface area contributed by atoms with E-state index >= 15 is 0 Å². The van der Waals surface area contributed by atoms with Gasteiger partial charge in [0.15, 0.2) is 0 Å². The third-order valence-electron chi connectivity index (χ3n) is 3.62. The van der Waals surface area contributed by atoms with E-state index < -0.39 is 0 Å². The van der Waals surface area contributed by atoms with Crippen molar-refractivity contribution >= 4 is 0 Å². The molecular weight excluding hydrogens is 226 g/mol. The Morgan fingerprint density at radius 1 is 1.22 bits per heavy atom. The van der Waals surface area contributed by atoms with Crippen molar-refractivity contribution in [3.63, 3.8) is 0 Å². The van der Waals surface area contributed by atoms with E-state index in [0.29, 0.717) is 6.04 Å². The van der Waals surface area contributed by atoms with Gasteiger partial charge >= 0.3 is 0 Å². The summed E-state index contributed by atoms with van der Waals surface area (Å²) in [6.45, 7) is 4.48. The van der Waals surface area contributed by atoms with Crippen molar-refractivity contribution in [3.8, 4) is 5.75 Å². The Hall–Kier alpha value is -1.06. The molecule has 0 spiro atoms. The Morgan fingerprint density at radius 2 is 1.89 bits per heavy atom. The number of ether oxygens (including phenoxy) is 1. The second-order valence-corrected chi connectivity index (χ2v) is 4.95. The predicted molar refractivity (Wildman–Crippen MR) is 75.2 cm³/mol. The van der Waals surface area contributed by atoms with E-state index in [-0.39, 0.29) is 6.61 Å². The predicted octanol–water partition coefficient (Wildman–Crippen LogP) is 2.69. The quantitative estimate of drug-likeness (QED) is 0.843. The number of hydrogen-bond acceptors (Lipinski definition) is 3. The molecule has 1 aromatic carbocycles. The van der Waals surface area contributed by atoms with Gasteiger partial charge in [-0.2, -0.15) is 0 Å². The van der Waals surface area contributed by atoms with Crippen LogP contribution in [0.1, 0.15) is 35.6 Å². The standard InChI is InChI=1S/C15H25NO2/c1-11-12(2)15(18-5)9-8-13(11)14(16(3)4)7-6-10-17/h8-9,14,17H,6-7,10H2,1-5H3. The molecule has 0 aromatic heterocycles. The average molecular weight is 251 g/mol. The summed E-state index contributed by atoms with van der Waals surface area (Å²) in [5.74, 6) is 0.941. The van der Waals surface area contributed by atoms with Gasteiger partial charge in [0, 0.05) is 12.6 Å². The third-order valence-corrected chi connectivity index (χ3v) is 3.62. The molecule has 0 aliphatic heterocycles. The highest BCUT2D eigenvalue weighted by Crippen LogP contribution is 2.31. The first-order valence-corrected chi connectivity index (χ1v) is 6.44. The summed E-state index contributed by atoms with van der Waals surface area (Å²) in [6, 6.07) is 4.53. The minimum absolute atomic E-state index is 0.249. The van der Waals surface area contributed by atoms with Crippen molar-refractivity contribution in [1.82, 2.24) is 4.90 Å². The van der Waals surface area contributed by atoms with Gasteiger partial charge in [0.25, 0.3) is 0 Å². The molecule has 102 valence electrons. The SMILES string of the molecule is COc1ccc(C(CCCO)N(C)C)c(C)c1C. The highest BCUT2D eigenvalue weighted by Gasteiger charge is 2.18. The Labute approximate surface area is 110 Å². The molecule has 0 aliphatic rings. The van der Waals surface area contributed by atoms with Crippen LogP contribution in [0.4, 0.5) is 0 Å². The van der Waals surface area contributed by atoms with Crippen LogP contribution in [-0.2, 0) is 0 Å². The van der Waals surface area contributed by atoms with Crippen molar-refractivity contribution < 1.29 is 9.84 Å². The van der Waals surface area contributed by atoms with E-state index in [1.54, 1.807) is 7.11 Å². The van der Waals surface area contributed by atoms with Gasteiger partial charge < -0.3 is 14.7 Å². The van der Waals surface area contributed by atoms with Crippen LogP contribution in [0.15, 0.2) is 12.1 Å². The fourth-order valence-electron chi connectivity index (χ4n) is 2.38. The first kappa shape index (κ1) is 15.0. The van der Waals surface area contributed by atoms with E-state index in [2.05, 4.69) is 38.9 Å². The van der Waals surface area contributed by atoms with E-state index in [1.165, 1.54) is 16.7 Å². The number of hydrogen-bond donors (Lipinski definition) is 1. The number of rotatable bonds is 6. The molecular formula is C15H25NO2. The summed E-state index contributed by atoms with van der Waals surface area (Å²) >= 11 is 0. The van der Waals surface area contributed by atoms with Gasteiger partial charge in [0.2, 0.25) is 0 Å². The van der Waals surface area contributed by atoms with Gasteiger partial charge in [-0.1, -0.05) is 6.07 Å². The maximum atomic E-state index is 9.01. The molecule has 1 aromatic rings. The summed E-state index contributed by atoms with van der Waals surface area (Å²) in [4.78, 5) is 2.21. The summed E-state index contributed by atoms with van der Waals surface area (Å²) in [5, 5.41) is 9.01. The first-order valence-electron chi connectivity index (χ1n) is 6.44. The molecule has 0 saturated heterocycles. The molecule has 0 bridgehead atoms. The van der Waals surface area contributed by atoms with Crippen LogP contribution in [0.2, 0.25) is 0 Å². The summed E-state index contributed by atoms with van der Waals surface area (Å²) < 4.78 is 5.35. The lowest BCUT2D eigenvalue weighted by molar-refractivity contribution is 0.235. The molecule has 1 atom stereocenters. The lowest BCUT2D eigenvalue weighted by Gasteiger charge is -2.27. The van der Waals surface area contributed by atoms with Crippen LogP contribution < -0.4 is 4.74 Å². The molecule has 0 amide bonds. The van der Waals surface area contributed by atoms with Crippen LogP contribution in [0.3, 0.4) is 0 Å². The molecule has 0 aliphatic carbocycles. The van der Waals surface area contributed by atoms with Gasteiger partial charge in [0.1, 0.15) is 5.75 Å². The van der Waals surface area contributed by atoms with Gasteiger partial charge in [0.05, 0.1) is 7.11 Å². The average Bonchev–Trinajstić information content (AvgIpc) is 2.34. The first-order chi connectivity index (χ1) is 8.52. The number of aliphatic hydroxyl groups excluding tert-OH is 1. The van der Waals surface area contributed by atoms with Crippen LogP contribution >= 0.6 is 0 Å². The molecule has 18 heavy (non-hydrogen) atoms. The van der Waals surface area contributed by atoms with Crippen molar-refractivity contribution in [1.29, 1.82) is 0 Å². The largest absolute Gasteiger partial charge is 0.496 e. The molecule has 3 nitrogen and oxygen atoms in total. The van der Waals surface area contributed by atoms with E-state index in [9.17, 15) is 0 Å². The Balaban J connectivity index is 3.09. The summed E-state index contributed by atoms with van der Waals surface area (Å²) in [6.07, 6.45) is 1.80. The normalized spacial score (nSPS) is 12.8. The third kappa shape index (κ3) is 3.24. The summed E-state index contributed by atoms with van der Waals surface area (Å²) in [5.41, 5.74) is 3.81. The molecule has 0 heterocycles. The smallest absolute Gasteiger partial charge is 0.122 e. The van der Waals surface area contributed by atoms with Gasteiger partial charge in [-0.05, 0) is 63.5 Å². The fourth-order valence-corrected chi connectivity index (χ4v) is 2.38. The number of benzene rings is 1. The Bertz CT molecular complexity index is 388. The summed E-state index contributed by atoms with van der Waals surface area (Å²) in [7, 11) is 5.87. The molecule has 0 radical (unpaired) electrons. The lowest BCUT2D eigenvalue weighted by Crippen LogP contribution is -2.21. The second kappa shape index (κ2) is 6.76. The zero-order chi connectivity index (χ0) is 13.7. The van der Waals surface area contributed by atoms with Crippen LogP contribution in [-0.4, -0.2) is 37.8 Å². The van der Waals surface area contributed by atoms with Crippen LogP contribution in [0.25, 0.3) is 0 Å². The fraction of sp³-hybridized carbons (Fsp3) is 0.600. The lowest BCUT2D eigenvalue weighted by atomic mass is 9.93.